The first-order valence-electron chi connectivity index (χ1n) is 8.16. The van der Waals surface area contributed by atoms with E-state index in [4.69, 9.17) is 8.94 Å². The molecule has 1 aliphatic rings. The Morgan fingerprint density at radius 1 is 1.19 bits per heavy atom. The zero-order chi connectivity index (χ0) is 18.8. The zero-order valence-corrected chi connectivity index (χ0v) is 14.4. The van der Waals surface area contributed by atoms with Gasteiger partial charge >= 0.3 is 5.69 Å². The molecule has 10 nitrogen and oxygen atoms in total. The van der Waals surface area contributed by atoms with Crippen LogP contribution in [0.5, 0.6) is 0 Å². The molecule has 2 amide bonds. The number of carbonyl (C=O) groups excluding carboxylic acids is 2. The Kier molecular flexibility index (Phi) is 4.74. The highest BCUT2D eigenvalue weighted by Crippen LogP contribution is 2.30. The van der Waals surface area contributed by atoms with E-state index in [1.54, 1.807) is 30.9 Å². The lowest BCUT2D eigenvalue weighted by Gasteiger charge is -2.33. The average Bonchev–Trinajstić information content (AvgIpc) is 3.30. The maximum atomic E-state index is 12.6. The molecule has 0 bridgehead atoms. The van der Waals surface area contributed by atoms with E-state index in [-0.39, 0.29) is 47.8 Å². The number of nitro groups is 1. The molecule has 0 radical (unpaired) electrons. The van der Waals surface area contributed by atoms with Crippen molar-refractivity contribution in [3.63, 3.8) is 0 Å². The summed E-state index contributed by atoms with van der Waals surface area (Å²) in [5, 5.41) is 15.0. The Hall–Kier alpha value is -3.17. The third kappa shape index (κ3) is 3.17. The minimum absolute atomic E-state index is 0.0741. The first kappa shape index (κ1) is 17.6. The maximum Gasteiger partial charge on any atom is 0.344 e. The molecular weight excluding hydrogens is 344 g/mol. The zero-order valence-electron chi connectivity index (χ0n) is 14.4. The summed E-state index contributed by atoms with van der Waals surface area (Å²) in [5.74, 6) is -0.787. The van der Waals surface area contributed by atoms with Gasteiger partial charge in [-0.15, -0.1) is 0 Å². The van der Waals surface area contributed by atoms with E-state index in [0.717, 1.165) is 0 Å². The summed E-state index contributed by atoms with van der Waals surface area (Å²) in [7, 11) is 0. The third-order valence-electron chi connectivity index (χ3n) is 4.19. The molecule has 1 saturated heterocycles. The Bertz CT molecular complexity index is 818. The summed E-state index contributed by atoms with van der Waals surface area (Å²) in [6, 6.07) is 3.20. The second-order valence-electron chi connectivity index (χ2n) is 6.22. The van der Waals surface area contributed by atoms with Crippen LogP contribution in [0.2, 0.25) is 0 Å². The number of rotatable bonds is 4. The fourth-order valence-corrected chi connectivity index (χ4v) is 2.81. The number of amides is 2. The quantitative estimate of drug-likeness (QED) is 0.601. The van der Waals surface area contributed by atoms with E-state index >= 15 is 0 Å². The number of carbonyl (C=O) groups is 2. The van der Waals surface area contributed by atoms with Gasteiger partial charge in [-0.25, -0.2) is 0 Å². The van der Waals surface area contributed by atoms with Crippen LogP contribution in [0.15, 0.2) is 27.3 Å². The normalized spacial score (nSPS) is 14.7. The number of piperazine rings is 1. The van der Waals surface area contributed by atoms with Crippen molar-refractivity contribution in [3.05, 3.63) is 45.7 Å². The topological polar surface area (TPSA) is 123 Å². The molecule has 0 N–H and O–H groups in total. The number of nitrogens with zero attached hydrogens (tertiary/aromatic N) is 4. The van der Waals surface area contributed by atoms with Crippen LogP contribution < -0.4 is 0 Å². The Balaban J connectivity index is 1.71. The van der Waals surface area contributed by atoms with Gasteiger partial charge in [0, 0.05) is 32.1 Å². The fraction of sp³-hybridized carbons (Fsp3) is 0.438. The van der Waals surface area contributed by atoms with Crippen molar-refractivity contribution in [2.24, 2.45) is 0 Å². The largest absolute Gasteiger partial charge is 0.459 e. The van der Waals surface area contributed by atoms with Gasteiger partial charge in [-0.1, -0.05) is 19.0 Å². The van der Waals surface area contributed by atoms with Gasteiger partial charge in [-0.2, -0.15) is 0 Å². The van der Waals surface area contributed by atoms with Gasteiger partial charge < -0.3 is 18.7 Å². The molecule has 138 valence electrons. The van der Waals surface area contributed by atoms with Gasteiger partial charge in [0.25, 0.3) is 11.8 Å². The van der Waals surface area contributed by atoms with Gasteiger partial charge in [0.05, 0.1) is 11.2 Å². The van der Waals surface area contributed by atoms with Crippen molar-refractivity contribution in [3.8, 4) is 0 Å². The van der Waals surface area contributed by atoms with E-state index in [1.807, 2.05) is 0 Å². The van der Waals surface area contributed by atoms with Crippen molar-refractivity contribution in [2.75, 3.05) is 26.2 Å². The van der Waals surface area contributed by atoms with Gasteiger partial charge in [0.1, 0.15) is 0 Å². The lowest BCUT2D eigenvalue weighted by molar-refractivity contribution is -0.386. The molecule has 0 atom stereocenters. The fourth-order valence-electron chi connectivity index (χ4n) is 2.81. The second kappa shape index (κ2) is 6.98. The van der Waals surface area contributed by atoms with Crippen molar-refractivity contribution < 1.29 is 23.5 Å². The maximum absolute atomic E-state index is 12.6. The summed E-state index contributed by atoms with van der Waals surface area (Å²) >= 11 is 0. The van der Waals surface area contributed by atoms with Gasteiger partial charge in [0.2, 0.25) is 11.5 Å². The highest BCUT2D eigenvalue weighted by Gasteiger charge is 2.36. The summed E-state index contributed by atoms with van der Waals surface area (Å²) in [5.41, 5.74) is -0.691. The molecule has 0 unspecified atom stereocenters. The summed E-state index contributed by atoms with van der Waals surface area (Å²) in [4.78, 5) is 38.6. The number of aromatic nitrogens is 1. The highest BCUT2D eigenvalue weighted by molar-refractivity contribution is 5.97. The van der Waals surface area contributed by atoms with E-state index in [9.17, 15) is 19.7 Å². The predicted molar refractivity (Wildman–Crippen MR) is 87.8 cm³/mol. The molecule has 26 heavy (non-hydrogen) atoms. The molecular formula is C16H18N4O6. The Morgan fingerprint density at radius 3 is 2.31 bits per heavy atom. The third-order valence-corrected chi connectivity index (χ3v) is 4.19. The van der Waals surface area contributed by atoms with Crippen LogP contribution in [0.1, 0.15) is 46.6 Å². The molecule has 2 aromatic rings. The van der Waals surface area contributed by atoms with Gasteiger partial charge in [-0.3, -0.25) is 19.7 Å². The van der Waals surface area contributed by atoms with Crippen molar-refractivity contribution in [1.82, 2.24) is 15.0 Å². The van der Waals surface area contributed by atoms with Crippen LogP contribution in [0.25, 0.3) is 0 Å². The minimum Gasteiger partial charge on any atom is -0.459 e. The van der Waals surface area contributed by atoms with E-state index < -0.39 is 10.8 Å². The van der Waals surface area contributed by atoms with Gasteiger partial charge in [0.15, 0.2) is 5.76 Å². The second-order valence-corrected chi connectivity index (χ2v) is 6.22. The SMILES string of the molecule is CC(C)c1onc(C(=O)N2CCN(C(=O)c3ccco3)CC2)c1[N+](=O)[O-]. The predicted octanol–water partition coefficient (Wildman–Crippen LogP) is 1.90. The van der Waals surface area contributed by atoms with Crippen LogP contribution in [-0.4, -0.2) is 57.9 Å². The molecule has 0 spiro atoms. The molecule has 0 saturated carbocycles. The molecule has 1 aliphatic heterocycles. The van der Waals surface area contributed by atoms with E-state index in [2.05, 4.69) is 5.16 Å². The highest BCUT2D eigenvalue weighted by atomic mass is 16.6. The van der Waals surface area contributed by atoms with Crippen LogP contribution in [-0.2, 0) is 0 Å². The minimum atomic E-state index is -0.643. The van der Waals surface area contributed by atoms with E-state index in [1.165, 1.54) is 11.2 Å². The molecule has 2 aromatic heterocycles. The molecule has 3 heterocycles. The summed E-state index contributed by atoms with van der Waals surface area (Å²) in [6.45, 7) is 4.53. The number of hydrogen-bond donors (Lipinski definition) is 0. The van der Waals surface area contributed by atoms with Gasteiger partial charge in [-0.05, 0) is 12.1 Å². The van der Waals surface area contributed by atoms with E-state index in [0.29, 0.717) is 13.1 Å². The summed E-state index contributed by atoms with van der Waals surface area (Å²) in [6.07, 6.45) is 1.42. The first-order chi connectivity index (χ1) is 12.4. The molecule has 3 rings (SSSR count). The lowest BCUT2D eigenvalue weighted by atomic mass is 10.1. The Labute approximate surface area is 148 Å². The van der Waals surface area contributed by atoms with Crippen LogP contribution in [0.4, 0.5) is 5.69 Å². The standard InChI is InChI=1S/C16H18N4O6/c1-10(2)14-13(20(23)24)12(17-26-14)16(22)19-7-5-18(6-8-19)15(21)11-4-3-9-25-11/h3-4,9-10H,5-8H2,1-2H3. The molecule has 1 fully saturated rings. The monoisotopic (exact) mass is 362 g/mol. The summed E-state index contributed by atoms with van der Waals surface area (Å²) < 4.78 is 10.1. The van der Waals surface area contributed by atoms with Crippen LogP contribution in [0.3, 0.4) is 0 Å². The van der Waals surface area contributed by atoms with Crippen molar-refractivity contribution >= 4 is 17.5 Å². The number of furan rings is 1. The smallest absolute Gasteiger partial charge is 0.344 e. The van der Waals surface area contributed by atoms with Crippen molar-refractivity contribution in [1.29, 1.82) is 0 Å². The Morgan fingerprint density at radius 2 is 1.81 bits per heavy atom. The average molecular weight is 362 g/mol. The molecule has 10 heteroatoms. The van der Waals surface area contributed by atoms with Crippen molar-refractivity contribution in [2.45, 2.75) is 19.8 Å². The molecule has 0 aliphatic carbocycles. The van der Waals surface area contributed by atoms with Crippen LogP contribution in [0, 0.1) is 10.1 Å². The molecule has 0 aromatic carbocycles. The van der Waals surface area contributed by atoms with Crippen LogP contribution >= 0.6 is 0 Å². The number of hydrogen-bond acceptors (Lipinski definition) is 7. The lowest BCUT2D eigenvalue weighted by Crippen LogP contribution is -2.50. The first-order valence-corrected chi connectivity index (χ1v) is 8.16.